The monoisotopic (exact) mass is 247 g/mol. The molecular formula is C8H17N5O2S. The van der Waals surface area contributed by atoms with Gasteiger partial charge in [-0.25, -0.2) is 13.1 Å². The van der Waals surface area contributed by atoms with Crippen molar-refractivity contribution in [2.24, 2.45) is 7.05 Å². The zero-order valence-electron chi connectivity index (χ0n) is 9.47. The van der Waals surface area contributed by atoms with Crippen molar-refractivity contribution in [1.29, 1.82) is 0 Å². The van der Waals surface area contributed by atoms with Crippen molar-refractivity contribution in [3.63, 3.8) is 0 Å². The summed E-state index contributed by atoms with van der Waals surface area (Å²) in [4.78, 5) is 0. The quantitative estimate of drug-likeness (QED) is 0.594. The molecule has 1 aromatic rings. The highest BCUT2D eigenvalue weighted by molar-refractivity contribution is 7.89. The summed E-state index contributed by atoms with van der Waals surface area (Å²) in [5, 5.41) is 10.4. The first-order valence-electron chi connectivity index (χ1n) is 5.00. The summed E-state index contributed by atoms with van der Waals surface area (Å²) in [6.07, 6.45) is 2.12. The average molecular weight is 247 g/mol. The van der Waals surface area contributed by atoms with Gasteiger partial charge in [-0.15, -0.1) is 10.2 Å². The molecule has 0 amide bonds. The number of nitrogens with zero attached hydrogens (tertiary/aromatic N) is 3. The van der Waals surface area contributed by atoms with Crippen molar-refractivity contribution in [2.45, 2.75) is 13.0 Å². The van der Waals surface area contributed by atoms with Gasteiger partial charge in [-0.1, -0.05) is 0 Å². The first-order chi connectivity index (χ1) is 7.55. The molecule has 0 bridgehead atoms. The smallest absolute Gasteiger partial charge is 0.212 e. The molecule has 0 radical (unpaired) electrons. The Hall–Kier alpha value is -0.990. The van der Waals surface area contributed by atoms with Gasteiger partial charge in [0.25, 0.3) is 0 Å². The molecule has 0 spiro atoms. The van der Waals surface area contributed by atoms with Crippen LogP contribution in [0.5, 0.6) is 0 Å². The second-order valence-corrected chi connectivity index (χ2v) is 5.38. The molecule has 1 aromatic heterocycles. The molecule has 1 heterocycles. The van der Waals surface area contributed by atoms with E-state index >= 15 is 0 Å². The Morgan fingerprint density at radius 3 is 2.81 bits per heavy atom. The van der Waals surface area contributed by atoms with Gasteiger partial charge in [-0.05, 0) is 20.0 Å². The first-order valence-corrected chi connectivity index (χ1v) is 6.65. The van der Waals surface area contributed by atoms with Crippen LogP contribution in [0.15, 0.2) is 6.33 Å². The second kappa shape index (κ2) is 5.92. The number of hydrogen-bond donors (Lipinski definition) is 2. The van der Waals surface area contributed by atoms with Gasteiger partial charge in [-0.2, -0.15) is 0 Å². The first kappa shape index (κ1) is 13.1. The van der Waals surface area contributed by atoms with E-state index in [9.17, 15) is 8.42 Å². The fraction of sp³-hybridized carbons (Fsp3) is 0.750. The van der Waals surface area contributed by atoms with Gasteiger partial charge >= 0.3 is 0 Å². The third-order valence-corrected chi connectivity index (χ3v) is 3.51. The van der Waals surface area contributed by atoms with Crippen molar-refractivity contribution in [3.05, 3.63) is 12.2 Å². The van der Waals surface area contributed by atoms with Crippen molar-refractivity contribution in [2.75, 3.05) is 19.3 Å². The molecule has 1 rings (SSSR count). The fourth-order valence-electron chi connectivity index (χ4n) is 1.15. The van der Waals surface area contributed by atoms with Gasteiger partial charge in [0.2, 0.25) is 10.0 Å². The zero-order chi connectivity index (χ0) is 12.0. The van der Waals surface area contributed by atoms with Crippen LogP contribution in [0.1, 0.15) is 12.2 Å². The minimum absolute atomic E-state index is 0.117. The van der Waals surface area contributed by atoms with Gasteiger partial charge in [-0.3, -0.25) is 0 Å². The predicted octanol–water partition coefficient (Wildman–Crippen LogP) is -1.16. The van der Waals surface area contributed by atoms with E-state index < -0.39 is 10.0 Å². The summed E-state index contributed by atoms with van der Waals surface area (Å²) >= 11 is 0. The lowest BCUT2D eigenvalue weighted by Crippen LogP contribution is -2.28. The molecule has 7 nitrogen and oxygen atoms in total. The highest BCUT2D eigenvalue weighted by atomic mass is 32.2. The molecule has 0 saturated heterocycles. The van der Waals surface area contributed by atoms with Gasteiger partial charge in [0.15, 0.2) is 0 Å². The lowest BCUT2D eigenvalue weighted by Gasteiger charge is -2.05. The van der Waals surface area contributed by atoms with Crippen LogP contribution < -0.4 is 10.0 Å². The summed E-state index contributed by atoms with van der Waals surface area (Å²) < 4.78 is 27.2. The minimum atomic E-state index is -3.22. The molecule has 0 unspecified atom stereocenters. The van der Waals surface area contributed by atoms with Crippen molar-refractivity contribution >= 4 is 10.0 Å². The Morgan fingerprint density at radius 1 is 1.50 bits per heavy atom. The maximum absolute atomic E-state index is 11.5. The van der Waals surface area contributed by atoms with Crippen LogP contribution in [-0.4, -0.2) is 42.5 Å². The van der Waals surface area contributed by atoms with Crippen molar-refractivity contribution < 1.29 is 8.42 Å². The van der Waals surface area contributed by atoms with Crippen LogP contribution in [0.25, 0.3) is 0 Å². The molecule has 0 fully saturated rings. The lowest BCUT2D eigenvalue weighted by atomic mass is 10.5. The number of aryl methyl sites for hydroxylation is 1. The number of sulfonamides is 1. The van der Waals surface area contributed by atoms with E-state index in [0.717, 1.165) is 0 Å². The predicted molar refractivity (Wildman–Crippen MR) is 60.2 cm³/mol. The summed E-state index contributed by atoms with van der Waals surface area (Å²) in [5.41, 5.74) is 0. The fourth-order valence-corrected chi connectivity index (χ4v) is 2.17. The second-order valence-electron chi connectivity index (χ2n) is 3.46. The largest absolute Gasteiger partial charge is 0.320 e. The molecule has 0 aliphatic carbocycles. The standard InChI is InChI=1S/C8H17N5O2S/c1-9-4-3-5-16(14,15)11-6-8-12-10-7-13(8)2/h7,9,11H,3-6H2,1-2H3. The highest BCUT2D eigenvalue weighted by Crippen LogP contribution is 1.94. The Balaban J connectivity index is 2.39. The molecule has 0 aliphatic rings. The lowest BCUT2D eigenvalue weighted by molar-refractivity contribution is 0.573. The molecular weight excluding hydrogens is 230 g/mol. The van der Waals surface area contributed by atoms with Crippen molar-refractivity contribution in [3.8, 4) is 0 Å². The van der Waals surface area contributed by atoms with E-state index in [4.69, 9.17) is 0 Å². The van der Waals surface area contributed by atoms with E-state index in [-0.39, 0.29) is 12.3 Å². The average Bonchev–Trinajstić information content (AvgIpc) is 2.62. The molecule has 0 atom stereocenters. The van der Waals surface area contributed by atoms with E-state index in [1.165, 1.54) is 6.33 Å². The zero-order valence-corrected chi connectivity index (χ0v) is 10.3. The van der Waals surface area contributed by atoms with E-state index in [1.54, 1.807) is 18.7 Å². The van der Waals surface area contributed by atoms with Crippen LogP contribution in [0.4, 0.5) is 0 Å². The Labute approximate surface area is 95.3 Å². The van der Waals surface area contributed by atoms with Crippen LogP contribution in [0.3, 0.4) is 0 Å². The van der Waals surface area contributed by atoms with Gasteiger partial charge in [0.05, 0.1) is 12.3 Å². The molecule has 2 N–H and O–H groups in total. The molecule has 0 aromatic carbocycles. The topological polar surface area (TPSA) is 88.9 Å². The Bertz CT molecular complexity index is 414. The van der Waals surface area contributed by atoms with E-state index in [2.05, 4.69) is 20.2 Å². The van der Waals surface area contributed by atoms with Gasteiger partial charge in [0, 0.05) is 7.05 Å². The number of hydrogen-bond acceptors (Lipinski definition) is 5. The van der Waals surface area contributed by atoms with E-state index in [0.29, 0.717) is 18.8 Å². The van der Waals surface area contributed by atoms with Gasteiger partial charge in [0.1, 0.15) is 12.2 Å². The maximum atomic E-state index is 11.5. The van der Waals surface area contributed by atoms with E-state index in [1.807, 2.05) is 0 Å². The van der Waals surface area contributed by atoms with Crippen LogP contribution in [-0.2, 0) is 23.6 Å². The SMILES string of the molecule is CNCCCS(=O)(=O)NCc1nncn1C. The van der Waals surface area contributed by atoms with Gasteiger partial charge < -0.3 is 9.88 Å². The minimum Gasteiger partial charge on any atom is -0.320 e. The summed E-state index contributed by atoms with van der Waals surface area (Å²) in [5.74, 6) is 0.711. The number of rotatable bonds is 7. The maximum Gasteiger partial charge on any atom is 0.212 e. The number of nitrogens with one attached hydrogen (secondary N) is 2. The Kier molecular flexibility index (Phi) is 4.84. The normalized spacial score (nSPS) is 11.9. The molecule has 8 heteroatoms. The van der Waals surface area contributed by atoms with Crippen LogP contribution in [0.2, 0.25) is 0 Å². The summed E-state index contributed by atoms with van der Waals surface area (Å²) in [6, 6.07) is 0. The third kappa shape index (κ3) is 4.25. The number of aromatic nitrogens is 3. The van der Waals surface area contributed by atoms with Crippen LogP contribution in [0, 0.1) is 0 Å². The highest BCUT2D eigenvalue weighted by Gasteiger charge is 2.10. The van der Waals surface area contributed by atoms with Crippen LogP contribution >= 0.6 is 0 Å². The molecule has 0 aliphatic heterocycles. The summed E-state index contributed by atoms with van der Waals surface area (Å²) in [6.45, 7) is 0.864. The molecule has 92 valence electrons. The molecule has 0 saturated carbocycles. The third-order valence-electron chi connectivity index (χ3n) is 2.10. The molecule has 16 heavy (non-hydrogen) atoms. The van der Waals surface area contributed by atoms with Crippen molar-refractivity contribution in [1.82, 2.24) is 24.8 Å². The Morgan fingerprint density at radius 2 is 2.25 bits per heavy atom. The summed E-state index contributed by atoms with van der Waals surface area (Å²) in [7, 11) is 0.342.